The Morgan fingerprint density at radius 2 is 2.19 bits per heavy atom. The van der Waals surface area contributed by atoms with E-state index in [1.165, 1.54) is 12.5 Å². The molecule has 0 bridgehead atoms. The first-order chi connectivity index (χ1) is 12.5. The van der Waals surface area contributed by atoms with E-state index in [2.05, 4.69) is 25.3 Å². The van der Waals surface area contributed by atoms with E-state index >= 15 is 0 Å². The second-order valence-corrected chi connectivity index (χ2v) is 6.36. The number of amides is 1. The van der Waals surface area contributed by atoms with Crippen molar-refractivity contribution in [2.75, 3.05) is 5.73 Å². The standard InChI is InChI=1S/C17H15ClN6O2/c1-8-12(17-20-6-7-26-17)24-15(19)14(21-8)16(25)22-10-4-2-9-3-5-11(18)23-13(9)10/h3,5-7,10H,2,4H2,1H3,(H2,19,24)(H,22,25). The Bertz CT molecular complexity index is 989. The molecule has 4 rings (SSSR count). The van der Waals surface area contributed by atoms with Gasteiger partial charge in [0.2, 0.25) is 5.89 Å². The lowest BCUT2D eigenvalue weighted by Crippen LogP contribution is -2.29. The molecule has 1 aliphatic carbocycles. The lowest BCUT2D eigenvalue weighted by atomic mass is 10.2. The summed E-state index contributed by atoms with van der Waals surface area (Å²) in [5.74, 6) is -0.0903. The smallest absolute Gasteiger partial charge is 0.274 e. The summed E-state index contributed by atoms with van der Waals surface area (Å²) in [6.07, 6.45) is 4.51. The second-order valence-electron chi connectivity index (χ2n) is 5.97. The number of rotatable bonds is 3. The van der Waals surface area contributed by atoms with Gasteiger partial charge in [-0.2, -0.15) is 0 Å². The van der Waals surface area contributed by atoms with Gasteiger partial charge in [-0.15, -0.1) is 0 Å². The van der Waals surface area contributed by atoms with Gasteiger partial charge in [0.15, 0.2) is 11.5 Å². The highest BCUT2D eigenvalue weighted by atomic mass is 35.5. The fraction of sp³-hybridized carbons (Fsp3) is 0.235. The van der Waals surface area contributed by atoms with Crippen molar-refractivity contribution in [2.24, 2.45) is 0 Å². The minimum absolute atomic E-state index is 0.0126. The van der Waals surface area contributed by atoms with Gasteiger partial charge in [0.1, 0.15) is 17.1 Å². The third-order valence-corrected chi connectivity index (χ3v) is 4.47. The summed E-state index contributed by atoms with van der Waals surface area (Å²) in [5, 5.41) is 3.32. The summed E-state index contributed by atoms with van der Waals surface area (Å²) in [5.41, 5.74) is 8.78. The minimum Gasteiger partial charge on any atom is -0.443 e. The molecule has 3 heterocycles. The molecule has 0 aliphatic heterocycles. The summed E-state index contributed by atoms with van der Waals surface area (Å²) in [6, 6.07) is 3.45. The summed E-state index contributed by atoms with van der Waals surface area (Å²) >= 11 is 5.97. The Morgan fingerprint density at radius 1 is 1.35 bits per heavy atom. The number of nitrogen functional groups attached to an aromatic ring is 1. The SMILES string of the molecule is Cc1nc(C(=O)NC2CCc3ccc(Cl)nc32)c(N)nc1-c1ncco1. The molecule has 1 amide bonds. The van der Waals surface area contributed by atoms with Crippen LogP contribution in [-0.4, -0.2) is 25.8 Å². The number of aryl methyl sites for hydroxylation is 2. The molecular formula is C17H15ClN6O2. The lowest BCUT2D eigenvalue weighted by molar-refractivity contribution is 0.0931. The van der Waals surface area contributed by atoms with Crippen LogP contribution in [0.25, 0.3) is 11.6 Å². The summed E-state index contributed by atoms with van der Waals surface area (Å²) in [7, 11) is 0. The van der Waals surface area contributed by atoms with Crippen molar-refractivity contribution < 1.29 is 9.21 Å². The van der Waals surface area contributed by atoms with Crippen LogP contribution in [0.4, 0.5) is 5.82 Å². The molecule has 0 radical (unpaired) electrons. The van der Waals surface area contributed by atoms with Gasteiger partial charge < -0.3 is 15.5 Å². The largest absolute Gasteiger partial charge is 0.443 e. The van der Waals surface area contributed by atoms with E-state index in [0.29, 0.717) is 22.4 Å². The molecule has 26 heavy (non-hydrogen) atoms. The number of fused-ring (bicyclic) bond motifs is 1. The van der Waals surface area contributed by atoms with Crippen LogP contribution < -0.4 is 11.1 Å². The van der Waals surface area contributed by atoms with Crippen LogP contribution in [0.5, 0.6) is 0 Å². The maximum atomic E-state index is 12.7. The Morgan fingerprint density at radius 3 is 2.96 bits per heavy atom. The number of pyridine rings is 1. The molecular weight excluding hydrogens is 356 g/mol. The van der Waals surface area contributed by atoms with Gasteiger partial charge >= 0.3 is 0 Å². The fourth-order valence-corrected chi connectivity index (χ4v) is 3.19. The van der Waals surface area contributed by atoms with Crippen molar-refractivity contribution in [3.8, 4) is 11.6 Å². The highest BCUT2D eigenvalue weighted by Gasteiger charge is 2.28. The van der Waals surface area contributed by atoms with E-state index in [0.717, 1.165) is 24.1 Å². The molecule has 0 saturated carbocycles. The molecule has 0 spiro atoms. The van der Waals surface area contributed by atoms with Crippen LogP contribution in [-0.2, 0) is 6.42 Å². The van der Waals surface area contributed by atoms with Crippen LogP contribution in [0.1, 0.15) is 39.9 Å². The van der Waals surface area contributed by atoms with Crippen LogP contribution in [0.15, 0.2) is 29.0 Å². The number of carbonyl (C=O) groups excluding carboxylic acids is 1. The molecule has 3 aromatic heterocycles. The van der Waals surface area contributed by atoms with Gasteiger partial charge in [0, 0.05) is 0 Å². The highest BCUT2D eigenvalue weighted by molar-refractivity contribution is 6.29. The van der Waals surface area contributed by atoms with Crippen molar-refractivity contribution in [1.29, 1.82) is 0 Å². The van der Waals surface area contributed by atoms with Crippen LogP contribution in [0.2, 0.25) is 5.15 Å². The molecule has 9 heteroatoms. The summed E-state index contributed by atoms with van der Waals surface area (Å²) < 4.78 is 5.22. The number of nitrogens with zero attached hydrogens (tertiary/aromatic N) is 4. The average molecular weight is 371 g/mol. The number of nitrogens with one attached hydrogen (secondary N) is 1. The zero-order valence-corrected chi connectivity index (χ0v) is 14.6. The molecule has 132 valence electrons. The maximum absolute atomic E-state index is 12.7. The monoisotopic (exact) mass is 370 g/mol. The normalized spacial score (nSPS) is 15.7. The van der Waals surface area contributed by atoms with Crippen molar-refractivity contribution >= 4 is 23.3 Å². The molecule has 3 aromatic rings. The van der Waals surface area contributed by atoms with E-state index in [-0.39, 0.29) is 17.6 Å². The van der Waals surface area contributed by atoms with Gasteiger partial charge in [-0.05, 0) is 31.4 Å². The zero-order valence-electron chi connectivity index (χ0n) is 13.9. The fourth-order valence-electron chi connectivity index (χ4n) is 3.04. The number of carbonyl (C=O) groups is 1. The second kappa shape index (κ2) is 6.38. The Hall–Kier alpha value is -3.00. The first kappa shape index (κ1) is 16.5. The van der Waals surface area contributed by atoms with Gasteiger partial charge in [-0.3, -0.25) is 4.79 Å². The van der Waals surface area contributed by atoms with E-state index in [1.807, 2.05) is 6.07 Å². The quantitative estimate of drug-likeness (QED) is 0.679. The highest BCUT2D eigenvalue weighted by Crippen LogP contribution is 2.31. The van der Waals surface area contributed by atoms with E-state index < -0.39 is 5.91 Å². The van der Waals surface area contributed by atoms with Gasteiger partial charge in [-0.25, -0.2) is 19.9 Å². The van der Waals surface area contributed by atoms with Crippen molar-refractivity contribution in [1.82, 2.24) is 25.3 Å². The number of nitrogens with two attached hydrogens (primary N) is 1. The first-order valence-electron chi connectivity index (χ1n) is 8.03. The first-order valence-corrected chi connectivity index (χ1v) is 8.41. The summed E-state index contributed by atoms with van der Waals surface area (Å²) in [6.45, 7) is 1.72. The molecule has 1 unspecified atom stereocenters. The topological polar surface area (TPSA) is 120 Å². The third-order valence-electron chi connectivity index (χ3n) is 4.26. The average Bonchev–Trinajstić information content (AvgIpc) is 3.27. The number of aromatic nitrogens is 4. The number of hydrogen-bond donors (Lipinski definition) is 2. The predicted molar refractivity (Wildman–Crippen MR) is 94.5 cm³/mol. The third kappa shape index (κ3) is 2.88. The van der Waals surface area contributed by atoms with E-state index in [1.54, 1.807) is 13.0 Å². The minimum atomic E-state index is -0.406. The number of halogens is 1. The Balaban J connectivity index is 1.60. The molecule has 1 atom stereocenters. The van der Waals surface area contributed by atoms with Gasteiger partial charge in [0.25, 0.3) is 5.91 Å². The van der Waals surface area contributed by atoms with E-state index in [9.17, 15) is 4.79 Å². The molecule has 0 aromatic carbocycles. The zero-order chi connectivity index (χ0) is 18.3. The van der Waals surface area contributed by atoms with Gasteiger partial charge in [-0.1, -0.05) is 17.7 Å². The van der Waals surface area contributed by atoms with Crippen molar-refractivity contribution in [3.05, 3.63) is 52.4 Å². The van der Waals surface area contributed by atoms with Gasteiger partial charge in [0.05, 0.1) is 23.6 Å². The van der Waals surface area contributed by atoms with Crippen LogP contribution in [0.3, 0.4) is 0 Å². The number of anilines is 1. The Labute approximate surface area is 153 Å². The Kier molecular flexibility index (Phi) is 4.04. The molecule has 0 fully saturated rings. The van der Waals surface area contributed by atoms with Crippen molar-refractivity contribution in [2.45, 2.75) is 25.8 Å². The molecule has 3 N–H and O–H groups in total. The molecule has 0 saturated heterocycles. The van der Waals surface area contributed by atoms with E-state index in [4.69, 9.17) is 21.8 Å². The molecule has 1 aliphatic rings. The van der Waals surface area contributed by atoms with Crippen LogP contribution in [0, 0.1) is 6.92 Å². The summed E-state index contributed by atoms with van der Waals surface area (Å²) in [4.78, 5) is 29.6. The number of hydrogen-bond acceptors (Lipinski definition) is 7. The number of oxazole rings is 1. The van der Waals surface area contributed by atoms with Crippen molar-refractivity contribution in [3.63, 3.8) is 0 Å². The molecule has 8 nitrogen and oxygen atoms in total. The van der Waals surface area contributed by atoms with Crippen LogP contribution >= 0.6 is 11.6 Å². The predicted octanol–water partition coefficient (Wildman–Crippen LogP) is 2.49. The lowest BCUT2D eigenvalue weighted by Gasteiger charge is -2.14. The maximum Gasteiger partial charge on any atom is 0.274 e.